The third-order valence-electron chi connectivity index (χ3n) is 2.75. The number of hydrogen-bond donors (Lipinski definition) is 2. The summed E-state index contributed by atoms with van der Waals surface area (Å²) < 4.78 is 17.8. The number of hydrogen-bond acceptors (Lipinski definition) is 5. The Balaban J connectivity index is 2.70. The highest BCUT2D eigenvalue weighted by molar-refractivity contribution is 14.1. The summed E-state index contributed by atoms with van der Waals surface area (Å²) in [6.07, 6.45) is 2.93. The largest absolute Gasteiger partial charge is 0.442 e. The third-order valence-corrected chi connectivity index (χ3v) is 3.19. The SMILES string of the molecule is COC1CCC(OC(N)=O)/C=C/C(OC(=O)NI)C1. The number of halogens is 1. The van der Waals surface area contributed by atoms with Gasteiger partial charge in [-0.1, -0.05) is 0 Å². The van der Waals surface area contributed by atoms with Crippen LogP contribution in [0.15, 0.2) is 12.2 Å². The molecular weight excluding hydrogens is 367 g/mol. The fourth-order valence-corrected chi connectivity index (χ4v) is 1.99. The molecule has 1 rings (SSSR count). The lowest BCUT2D eigenvalue weighted by Gasteiger charge is -2.25. The van der Waals surface area contributed by atoms with E-state index in [-0.39, 0.29) is 6.10 Å². The van der Waals surface area contributed by atoms with Crippen molar-refractivity contribution in [2.75, 3.05) is 7.11 Å². The summed E-state index contributed by atoms with van der Waals surface area (Å²) in [5, 5.41) is 0. The van der Waals surface area contributed by atoms with E-state index in [9.17, 15) is 9.59 Å². The van der Waals surface area contributed by atoms with E-state index in [1.165, 1.54) is 0 Å². The van der Waals surface area contributed by atoms with Gasteiger partial charge in [0.15, 0.2) is 0 Å². The topological polar surface area (TPSA) is 99.9 Å². The Morgan fingerprint density at radius 3 is 2.53 bits per heavy atom. The van der Waals surface area contributed by atoms with E-state index in [0.29, 0.717) is 19.3 Å². The van der Waals surface area contributed by atoms with Gasteiger partial charge in [0.25, 0.3) is 0 Å². The molecule has 0 spiro atoms. The average Bonchev–Trinajstić information content (AvgIpc) is 2.36. The standard InChI is InChI=1S/C11H17IN2O5/c1-17-8-4-2-7(18-10(13)15)3-5-9(6-8)19-11(16)14-12/h3,5,7-9H,2,4,6H2,1H3,(H2,13,15)(H,14,16)/b5-3+. The summed E-state index contributed by atoms with van der Waals surface area (Å²) >= 11 is 1.70. The second kappa shape index (κ2) is 8.20. The first kappa shape index (κ1) is 16.0. The van der Waals surface area contributed by atoms with Crippen molar-refractivity contribution in [3.63, 3.8) is 0 Å². The summed E-state index contributed by atoms with van der Waals surface area (Å²) in [6, 6.07) is 0. The van der Waals surface area contributed by atoms with Crippen molar-refractivity contribution in [2.45, 2.75) is 37.6 Å². The van der Waals surface area contributed by atoms with Gasteiger partial charge in [-0.25, -0.2) is 9.59 Å². The van der Waals surface area contributed by atoms with Crippen LogP contribution in [0.25, 0.3) is 0 Å². The van der Waals surface area contributed by atoms with Crippen LogP contribution in [0.4, 0.5) is 9.59 Å². The lowest BCUT2D eigenvalue weighted by molar-refractivity contribution is 0.0312. The highest BCUT2D eigenvalue weighted by Crippen LogP contribution is 2.19. The van der Waals surface area contributed by atoms with Gasteiger partial charge in [0.1, 0.15) is 12.2 Å². The zero-order valence-electron chi connectivity index (χ0n) is 10.5. The Morgan fingerprint density at radius 1 is 1.26 bits per heavy atom. The molecule has 0 aromatic rings. The molecule has 3 N–H and O–H groups in total. The molecule has 0 saturated heterocycles. The molecule has 0 aromatic carbocycles. The zero-order valence-corrected chi connectivity index (χ0v) is 12.7. The average molecular weight is 384 g/mol. The molecule has 8 heteroatoms. The summed E-state index contributed by atoms with van der Waals surface area (Å²) in [7, 11) is 1.59. The van der Waals surface area contributed by atoms with Gasteiger partial charge >= 0.3 is 12.2 Å². The maximum atomic E-state index is 11.2. The van der Waals surface area contributed by atoms with Crippen LogP contribution in [-0.2, 0) is 14.2 Å². The molecule has 19 heavy (non-hydrogen) atoms. The molecule has 0 aromatic heterocycles. The zero-order chi connectivity index (χ0) is 14.3. The van der Waals surface area contributed by atoms with Crippen molar-refractivity contribution in [3.8, 4) is 0 Å². The number of nitrogens with two attached hydrogens (primary N) is 1. The predicted octanol–water partition coefficient (Wildman–Crippen LogP) is 1.65. The van der Waals surface area contributed by atoms with Crippen LogP contribution in [0.3, 0.4) is 0 Å². The molecule has 0 bridgehead atoms. The molecule has 0 fully saturated rings. The number of methoxy groups -OCH3 is 1. The van der Waals surface area contributed by atoms with Crippen molar-refractivity contribution < 1.29 is 23.8 Å². The molecule has 1 aliphatic rings. The van der Waals surface area contributed by atoms with Gasteiger partial charge in [0.05, 0.1) is 29.0 Å². The van der Waals surface area contributed by atoms with Gasteiger partial charge < -0.3 is 19.9 Å². The summed E-state index contributed by atoms with van der Waals surface area (Å²) in [5.74, 6) is 0. The number of ether oxygens (including phenoxy) is 3. The first-order valence-electron chi connectivity index (χ1n) is 5.79. The molecule has 1 aliphatic carbocycles. The minimum absolute atomic E-state index is 0.0732. The van der Waals surface area contributed by atoms with Gasteiger partial charge in [0.2, 0.25) is 0 Å². The maximum absolute atomic E-state index is 11.2. The fraction of sp³-hybridized carbons (Fsp3) is 0.636. The third kappa shape index (κ3) is 6.10. The predicted molar refractivity (Wildman–Crippen MR) is 75.7 cm³/mol. The Morgan fingerprint density at radius 2 is 1.95 bits per heavy atom. The van der Waals surface area contributed by atoms with Crippen LogP contribution in [0.2, 0.25) is 0 Å². The van der Waals surface area contributed by atoms with Crippen LogP contribution in [0, 0.1) is 0 Å². The molecule has 7 nitrogen and oxygen atoms in total. The normalized spacial score (nSPS) is 28.6. The van der Waals surface area contributed by atoms with E-state index < -0.39 is 24.4 Å². The first-order valence-corrected chi connectivity index (χ1v) is 6.87. The fourth-order valence-electron chi connectivity index (χ4n) is 1.86. The van der Waals surface area contributed by atoms with Crippen LogP contribution >= 0.6 is 22.9 Å². The maximum Gasteiger partial charge on any atom is 0.416 e. The minimum atomic E-state index is -0.827. The monoisotopic (exact) mass is 384 g/mol. The Hall–Kier alpha value is -1.03. The van der Waals surface area contributed by atoms with Gasteiger partial charge in [0, 0.05) is 13.5 Å². The van der Waals surface area contributed by atoms with Gasteiger partial charge in [-0.15, -0.1) is 0 Å². The van der Waals surface area contributed by atoms with E-state index in [4.69, 9.17) is 19.9 Å². The molecule has 0 radical (unpaired) electrons. The smallest absolute Gasteiger partial charge is 0.416 e. The van der Waals surface area contributed by atoms with Crippen LogP contribution in [-0.4, -0.2) is 37.6 Å². The lowest BCUT2D eigenvalue weighted by atomic mass is 9.99. The second-order valence-electron chi connectivity index (χ2n) is 4.07. The highest BCUT2D eigenvalue weighted by Gasteiger charge is 2.23. The minimum Gasteiger partial charge on any atom is -0.442 e. The second-order valence-corrected chi connectivity index (χ2v) is 4.61. The number of amides is 2. The molecule has 0 heterocycles. The number of rotatable bonds is 3. The van der Waals surface area contributed by atoms with Crippen molar-refractivity contribution in [3.05, 3.63) is 12.2 Å². The van der Waals surface area contributed by atoms with E-state index in [2.05, 4.69) is 3.53 Å². The number of carbonyl (C=O) groups excluding carboxylic acids is 2. The van der Waals surface area contributed by atoms with Crippen LogP contribution in [0.1, 0.15) is 19.3 Å². The molecule has 2 amide bonds. The number of carbonyl (C=O) groups is 2. The van der Waals surface area contributed by atoms with Crippen molar-refractivity contribution in [1.29, 1.82) is 0 Å². The van der Waals surface area contributed by atoms with E-state index >= 15 is 0 Å². The Kier molecular flexibility index (Phi) is 6.92. The van der Waals surface area contributed by atoms with Gasteiger partial charge in [-0.05, 0) is 25.0 Å². The molecule has 0 aliphatic heterocycles. The molecule has 3 unspecified atom stereocenters. The molecular formula is C11H17IN2O5. The van der Waals surface area contributed by atoms with E-state index in [0.717, 1.165) is 0 Å². The lowest BCUT2D eigenvalue weighted by Crippen LogP contribution is -2.30. The van der Waals surface area contributed by atoms with Crippen molar-refractivity contribution in [2.24, 2.45) is 5.73 Å². The molecule has 3 atom stereocenters. The van der Waals surface area contributed by atoms with Gasteiger partial charge in [-0.3, -0.25) is 3.53 Å². The molecule has 0 saturated carbocycles. The van der Waals surface area contributed by atoms with Gasteiger partial charge in [-0.2, -0.15) is 0 Å². The number of nitrogens with one attached hydrogen (secondary N) is 1. The summed E-state index contributed by atoms with van der Waals surface area (Å²) in [5.41, 5.74) is 4.99. The van der Waals surface area contributed by atoms with Crippen LogP contribution < -0.4 is 9.26 Å². The van der Waals surface area contributed by atoms with Crippen molar-refractivity contribution >= 4 is 35.1 Å². The van der Waals surface area contributed by atoms with E-state index in [1.54, 1.807) is 42.1 Å². The highest BCUT2D eigenvalue weighted by atomic mass is 127. The quantitative estimate of drug-likeness (QED) is 0.438. The molecule has 108 valence electrons. The number of primary amides is 1. The van der Waals surface area contributed by atoms with E-state index in [1.807, 2.05) is 0 Å². The summed E-state index contributed by atoms with van der Waals surface area (Å²) in [6.45, 7) is 0. The first-order chi connectivity index (χ1) is 9.05. The Labute approximate surface area is 125 Å². The van der Waals surface area contributed by atoms with Crippen molar-refractivity contribution in [1.82, 2.24) is 3.53 Å². The van der Waals surface area contributed by atoms with Crippen LogP contribution in [0.5, 0.6) is 0 Å². The Bertz CT molecular complexity index is 350. The summed E-state index contributed by atoms with van der Waals surface area (Å²) in [4.78, 5) is 22.0.